The Morgan fingerprint density at radius 1 is 1.29 bits per heavy atom. The third kappa shape index (κ3) is 2.28. The largest absolute Gasteiger partial charge is 0.398 e. The van der Waals surface area contributed by atoms with Crippen molar-refractivity contribution in [3.63, 3.8) is 0 Å². The molecule has 0 radical (unpaired) electrons. The molecule has 78 valence electrons. The fourth-order valence-corrected chi connectivity index (χ4v) is 1.94. The van der Waals surface area contributed by atoms with Crippen LogP contribution in [0, 0.1) is 12.8 Å². The maximum absolute atomic E-state index is 6.06. The fourth-order valence-electron chi connectivity index (χ4n) is 1.36. The Morgan fingerprint density at radius 3 is 2.29 bits per heavy atom. The van der Waals surface area contributed by atoms with E-state index in [0.29, 0.717) is 5.92 Å². The summed E-state index contributed by atoms with van der Waals surface area (Å²) in [6, 6.07) is 4.14. The van der Waals surface area contributed by atoms with Gasteiger partial charge in [0, 0.05) is 16.2 Å². The summed E-state index contributed by atoms with van der Waals surface area (Å²) in [7, 11) is 0. The molecule has 14 heavy (non-hydrogen) atoms. The van der Waals surface area contributed by atoms with Gasteiger partial charge in [-0.15, -0.1) is 0 Å². The molecule has 0 spiro atoms. The second-order valence-electron chi connectivity index (χ2n) is 4.00. The van der Waals surface area contributed by atoms with Gasteiger partial charge < -0.3 is 11.5 Å². The standard InChI is InChI=1S/C11H17BrN2/c1-6(2)10(13)8-4-7(3)11(14)9(12)5-8/h4-6,10H,13-14H2,1-3H3/t10-/m0/s1. The Morgan fingerprint density at radius 2 is 1.86 bits per heavy atom. The molecule has 0 bridgehead atoms. The summed E-state index contributed by atoms with van der Waals surface area (Å²) in [6.07, 6.45) is 0. The van der Waals surface area contributed by atoms with E-state index in [1.807, 2.05) is 13.0 Å². The predicted octanol–water partition coefficient (Wildman–Crippen LogP) is 3.00. The summed E-state index contributed by atoms with van der Waals surface area (Å²) in [5.41, 5.74) is 14.9. The number of nitrogens with two attached hydrogens (primary N) is 2. The topological polar surface area (TPSA) is 52.0 Å². The molecular weight excluding hydrogens is 240 g/mol. The number of anilines is 1. The molecule has 1 atom stereocenters. The number of aryl methyl sites for hydroxylation is 1. The molecule has 0 aromatic heterocycles. The highest BCUT2D eigenvalue weighted by Gasteiger charge is 2.12. The average molecular weight is 257 g/mol. The molecule has 3 heteroatoms. The zero-order valence-electron chi connectivity index (χ0n) is 8.84. The SMILES string of the molecule is Cc1cc([C@@H](N)C(C)C)cc(Br)c1N. The van der Waals surface area contributed by atoms with Crippen LogP contribution in [-0.4, -0.2) is 0 Å². The first kappa shape index (κ1) is 11.5. The van der Waals surface area contributed by atoms with Crippen LogP contribution in [-0.2, 0) is 0 Å². The molecule has 0 heterocycles. The van der Waals surface area contributed by atoms with E-state index in [4.69, 9.17) is 11.5 Å². The number of benzene rings is 1. The molecular formula is C11H17BrN2. The van der Waals surface area contributed by atoms with Crippen molar-refractivity contribution in [3.05, 3.63) is 27.7 Å². The van der Waals surface area contributed by atoms with Crippen molar-refractivity contribution in [2.24, 2.45) is 11.7 Å². The van der Waals surface area contributed by atoms with E-state index in [1.165, 1.54) is 0 Å². The molecule has 1 rings (SSSR count). The minimum atomic E-state index is 0.0746. The van der Waals surface area contributed by atoms with Crippen LogP contribution in [0.25, 0.3) is 0 Å². The maximum Gasteiger partial charge on any atom is 0.0488 e. The highest BCUT2D eigenvalue weighted by Crippen LogP contribution is 2.29. The molecule has 1 aromatic carbocycles. The Balaban J connectivity index is 3.12. The van der Waals surface area contributed by atoms with Gasteiger partial charge in [0.1, 0.15) is 0 Å². The molecule has 0 aliphatic heterocycles. The van der Waals surface area contributed by atoms with Gasteiger partial charge in [0.15, 0.2) is 0 Å². The normalized spacial score (nSPS) is 13.3. The molecule has 1 aromatic rings. The van der Waals surface area contributed by atoms with Crippen LogP contribution in [0.1, 0.15) is 31.0 Å². The lowest BCUT2D eigenvalue weighted by atomic mass is 9.95. The van der Waals surface area contributed by atoms with Gasteiger partial charge in [-0.1, -0.05) is 19.9 Å². The van der Waals surface area contributed by atoms with Crippen molar-refractivity contribution >= 4 is 21.6 Å². The Hall–Kier alpha value is -0.540. The maximum atomic E-state index is 6.06. The summed E-state index contributed by atoms with van der Waals surface area (Å²) < 4.78 is 0.934. The van der Waals surface area contributed by atoms with E-state index < -0.39 is 0 Å². The van der Waals surface area contributed by atoms with Crippen LogP contribution < -0.4 is 11.5 Å². The predicted molar refractivity (Wildman–Crippen MR) is 65.1 cm³/mol. The smallest absolute Gasteiger partial charge is 0.0488 e. The lowest BCUT2D eigenvalue weighted by Gasteiger charge is -2.18. The highest BCUT2D eigenvalue weighted by molar-refractivity contribution is 9.10. The summed E-state index contributed by atoms with van der Waals surface area (Å²) in [5, 5.41) is 0. The first-order valence-electron chi connectivity index (χ1n) is 4.74. The third-order valence-corrected chi connectivity index (χ3v) is 3.12. The van der Waals surface area contributed by atoms with Gasteiger partial charge in [0.2, 0.25) is 0 Å². The molecule has 0 saturated heterocycles. The second kappa shape index (κ2) is 4.32. The van der Waals surface area contributed by atoms with Gasteiger partial charge in [-0.2, -0.15) is 0 Å². The molecule has 0 saturated carbocycles. The zero-order valence-corrected chi connectivity index (χ0v) is 10.4. The first-order chi connectivity index (χ1) is 6.43. The lowest BCUT2D eigenvalue weighted by molar-refractivity contribution is 0.514. The van der Waals surface area contributed by atoms with Crippen molar-refractivity contribution in [2.45, 2.75) is 26.8 Å². The van der Waals surface area contributed by atoms with Crippen LogP contribution in [0.15, 0.2) is 16.6 Å². The van der Waals surface area contributed by atoms with Crippen LogP contribution >= 0.6 is 15.9 Å². The number of hydrogen-bond acceptors (Lipinski definition) is 2. The van der Waals surface area contributed by atoms with E-state index in [2.05, 4.69) is 35.8 Å². The quantitative estimate of drug-likeness (QED) is 0.800. The van der Waals surface area contributed by atoms with E-state index >= 15 is 0 Å². The molecule has 0 unspecified atom stereocenters. The molecule has 2 nitrogen and oxygen atoms in total. The fraction of sp³-hybridized carbons (Fsp3) is 0.455. The van der Waals surface area contributed by atoms with Crippen LogP contribution in [0.3, 0.4) is 0 Å². The minimum Gasteiger partial charge on any atom is -0.398 e. The van der Waals surface area contributed by atoms with E-state index in [-0.39, 0.29) is 6.04 Å². The molecule has 4 N–H and O–H groups in total. The van der Waals surface area contributed by atoms with Crippen molar-refractivity contribution in [3.8, 4) is 0 Å². The number of halogens is 1. The molecule has 0 fully saturated rings. The van der Waals surface area contributed by atoms with Crippen LogP contribution in [0.2, 0.25) is 0 Å². The zero-order chi connectivity index (χ0) is 10.9. The second-order valence-corrected chi connectivity index (χ2v) is 4.86. The van der Waals surface area contributed by atoms with E-state index in [9.17, 15) is 0 Å². The van der Waals surface area contributed by atoms with Crippen molar-refractivity contribution < 1.29 is 0 Å². The number of hydrogen-bond donors (Lipinski definition) is 2. The molecule has 0 aliphatic rings. The molecule has 0 aliphatic carbocycles. The Kier molecular flexibility index (Phi) is 3.56. The number of rotatable bonds is 2. The van der Waals surface area contributed by atoms with Crippen molar-refractivity contribution in [1.82, 2.24) is 0 Å². The summed E-state index contributed by atoms with van der Waals surface area (Å²) >= 11 is 3.43. The van der Waals surface area contributed by atoms with Crippen LogP contribution in [0.5, 0.6) is 0 Å². The Labute approximate surface area is 93.8 Å². The monoisotopic (exact) mass is 256 g/mol. The average Bonchev–Trinajstić information content (AvgIpc) is 2.12. The summed E-state index contributed by atoms with van der Waals surface area (Å²) in [5.74, 6) is 0.435. The van der Waals surface area contributed by atoms with E-state index in [0.717, 1.165) is 21.3 Å². The first-order valence-corrected chi connectivity index (χ1v) is 5.54. The van der Waals surface area contributed by atoms with Crippen molar-refractivity contribution in [2.75, 3.05) is 5.73 Å². The summed E-state index contributed by atoms with van der Waals surface area (Å²) in [4.78, 5) is 0. The van der Waals surface area contributed by atoms with Gasteiger partial charge in [0.05, 0.1) is 0 Å². The highest BCUT2D eigenvalue weighted by atomic mass is 79.9. The Bertz CT molecular complexity index is 311. The van der Waals surface area contributed by atoms with E-state index in [1.54, 1.807) is 0 Å². The molecule has 0 amide bonds. The third-order valence-electron chi connectivity index (χ3n) is 2.46. The van der Waals surface area contributed by atoms with Gasteiger partial charge in [-0.05, 0) is 46.0 Å². The van der Waals surface area contributed by atoms with Gasteiger partial charge >= 0.3 is 0 Å². The number of nitrogen functional groups attached to an aromatic ring is 1. The van der Waals surface area contributed by atoms with Crippen molar-refractivity contribution in [1.29, 1.82) is 0 Å². The van der Waals surface area contributed by atoms with Gasteiger partial charge in [-0.25, -0.2) is 0 Å². The van der Waals surface area contributed by atoms with Gasteiger partial charge in [-0.3, -0.25) is 0 Å². The summed E-state index contributed by atoms with van der Waals surface area (Å²) in [6.45, 7) is 6.23. The minimum absolute atomic E-state index is 0.0746. The van der Waals surface area contributed by atoms with Crippen LogP contribution in [0.4, 0.5) is 5.69 Å². The lowest BCUT2D eigenvalue weighted by Crippen LogP contribution is -2.17. The van der Waals surface area contributed by atoms with Gasteiger partial charge in [0.25, 0.3) is 0 Å².